The van der Waals surface area contributed by atoms with E-state index in [-0.39, 0.29) is 6.61 Å². The molecule has 0 saturated carbocycles. The van der Waals surface area contributed by atoms with Gasteiger partial charge in [0.1, 0.15) is 23.2 Å². The summed E-state index contributed by atoms with van der Waals surface area (Å²) in [6, 6.07) is 15.5. The summed E-state index contributed by atoms with van der Waals surface area (Å²) in [5.41, 5.74) is 1.40. The van der Waals surface area contributed by atoms with Crippen LogP contribution in [0.1, 0.15) is 17.4 Å². The molecule has 1 aromatic carbocycles. The van der Waals surface area contributed by atoms with Crippen LogP contribution in [0, 0.1) is 11.3 Å². The summed E-state index contributed by atoms with van der Waals surface area (Å²) in [5.74, 6) is 1.96. The molecule has 2 heterocycles. The van der Waals surface area contributed by atoms with Gasteiger partial charge < -0.3 is 15.2 Å². The molecule has 26 heavy (non-hydrogen) atoms. The maximum Gasteiger partial charge on any atom is 0.164 e. The van der Waals surface area contributed by atoms with E-state index in [4.69, 9.17) is 4.74 Å². The van der Waals surface area contributed by atoms with Crippen molar-refractivity contribution in [3.8, 4) is 28.0 Å². The molecule has 5 nitrogen and oxygen atoms in total. The number of aliphatic hydroxyl groups excluding tert-OH is 1. The summed E-state index contributed by atoms with van der Waals surface area (Å²) in [6.45, 7) is 2.77. The topological polar surface area (TPSA) is 78.2 Å². The van der Waals surface area contributed by atoms with Gasteiger partial charge in [-0.25, -0.2) is 4.98 Å². The van der Waals surface area contributed by atoms with Crippen LogP contribution in [-0.4, -0.2) is 23.2 Å². The van der Waals surface area contributed by atoms with Crippen molar-refractivity contribution in [3.63, 3.8) is 0 Å². The van der Waals surface area contributed by atoms with Crippen LogP contribution in [0.4, 0.5) is 5.82 Å². The molecule has 0 aliphatic carbocycles. The predicted molar refractivity (Wildman–Crippen MR) is 104 cm³/mol. The van der Waals surface area contributed by atoms with Gasteiger partial charge >= 0.3 is 0 Å². The summed E-state index contributed by atoms with van der Waals surface area (Å²) < 4.78 is 6.08. The highest BCUT2D eigenvalue weighted by atomic mass is 32.1. The average molecular weight is 365 g/mol. The van der Waals surface area contributed by atoms with Crippen molar-refractivity contribution < 1.29 is 9.84 Å². The van der Waals surface area contributed by atoms with Crippen molar-refractivity contribution in [2.45, 2.75) is 13.3 Å². The van der Waals surface area contributed by atoms with Crippen molar-refractivity contribution >= 4 is 17.2 Å². The number of pyridine rings is 1. The van der Waals surface area contributed by atoms with Crippen LogP contribution in [0.25, 0.3) is 10.4 Å². The predicted octanol–water partition coefficient (Wildman–Crippen LogP) is 4.44. The lowest BCUT2D eigenvalue weighted by atomic mass is 10.1. The lowest BCUT2D eigenvalue weighted by Gasteiger charge is -2.09. The number of para-hydroxylation sites is 1. The van der Waals surface area contributed by atoms with Crippen LogP contribution in [0.5, 0.6) is 11.5 Å². The molecule has 0 bridgehead atoms. The molecule has 0 aliphatic heterocycles. The monoisotopic (exact) mass is 365 g/mol. The Labute approximate surface area is 156 Å². The number of anilines is 1. The molecule has 0 saturated heterocycles. The normalized spacial score (nSPS) is 10.3. The lowest BCUT2D eigenvalue weighted by molar-refractivity contribution is 0.300. The van der Waals surface area contributed by atoms with Gasteiger partial charge in [-0.2, -0.15) is 5.26 Å². The second-order valence-electron chi connectivity index (χ2n) is 5.52. The van der Waals surface area contributed by atoms with Crippen LogP contribution in [0.2, 0.25) is 0 Å². The van der Waals surface area contributed by atoms with Gasteiger partial charge in [0.15, 0.2) is 5.75 Å². The summed E-state index contributed by atoms with van der Waals surface area (Å²) >= 11 is 1.47. The Morgan fingerprint density at radius 2 is 2.08 bits per heavy atom. The van der Waals surface area contributed by atoms with Crippen molar-refractivity contribution in [2.75, 3.05) is 18.5 Å². The second kappa shape index (κ2) is 8.48. The van der Waals surface area contributed by atoms with Gasteiger partial charge in [-0.1, -0.05) is 18.2 Å². The van der Waals surface area contributed by atoms with Crippen molar-refractivity contribution in [2.24, 2.45) is 0 Å². The van der Waals surface area contributed by atoms with Gasteiger partial charge in [-0.3, -0.25) is 0 Å². The van der Waals surface area contributed by atoms with Gasteiger partial charge in [-0.05, 0) is 31.2 Å². The molecule has 6 heteroatoms. The quantitative estimate of drug-likeness (QED) is 0.647. The Bertz CT molecular complexity index is 917. The van der Waals surface area contributed by atoms with E-state index in [0.29, 0.717) is 23.5 Å². The molecule has 0 spiro atoms. The third-order valence-electron chi connectivity index (χ3n) is 3.73. The Kier molecular flexibility index (Phi) is 5.84. The SMILES string of the molecule is CCNc1cc(-c2sc(CCO)c(C#N)c2Oc2ccccc2)ccn1. The maximum atomic E-state index is 9.67. The minimum atomic E-state index is -0.0155. The fraction of sp³-hybridized carbons (Fsp3) is 0.200. The number of nitrogens with zero attached hydrogens (tertiary/aromatic N) is 2. The van der Waals surface area contributed by atoms with Crippen LogP contribution >= 0.6 is 11.3 Å². The standard InChI is InChI=1S/C20H19N3O2S/c1-2-22-18-12-14(8-10-23-18)20-19(25-15-6-4-3-5-7-15)16(13-21)17(26-20)9-11-24/h3-8,10,12,24H,2,9,11H2,1H3,(H,22,23). The maximum absolute atomic E-state index is 9.67. The van der Waals surface area contributed by atoms with Crippen LogP contribution in [0.3, 0.4) is 0 Å². The zero-order valence-electron chi connectivity index (χ0n) is 14.4. The lowest BCUT2D eigenvalue weighted by Crippen LogP contribution is -1.98. The number of aliphatic hydroxyl groups is 1. The van der Waals surface area contributed by atoms with E-state index in [2.05, 4.69) is 16.4 Å². The third kappa shape index (κ3) is 3.85. The first kappa shape index (κ1) is 17.9. The molecular formula is C20H19N3O2S. The number of hydrogen-bond donors (Lipinski definition) is 2. The van der Waals surface area contributed by atoms with Crippen LogP contribution in [0.15, 0.2) is 48.7 Å². The van der Waals surface area contributed by atoms with E-state index in [0.717, 1.165) is 27.7 Å². The molecule has 2 aromatic heterocycles. The van der Waals surface area contributed by atoms with Gasteiger partial charge in [0.2, 0.25) is 0 Å². The highest BCUT2D eigenvalue weighted by Crippen LogP contribution is 2.44. The molecule has 3 aromatic rings. The number of benzene rings is 1. The summed E-state index contributed by atoms with van der Waals surface area (Å²) in [6.07, 6.45) is 2.15. The third-order valence-corrected chi connectivity index (χ3v) is 5.01. The molecular weight excluding hydrogens is 346 g/mol. The molecule has 0 amide bonds. The molecule has 0 fully saturated rings. The number of hydrogen-bond acceptors (Lipinski definition) is 6. The largest absolute Gasteiger partial charge is 0.454 e. The number of nitrogens with one attached hydrogen (secondary N) is 1. The molecule has 0 atom stereocenters. The molecule has 3 rings (SSSR count). The highest BCUT2D eigenvalue weighted by molar-refractivity contribution is 7.16. The van der Waals surface area contributed by atoms with Gasteiger partial charge in [0.05, 0.1) is 4.88 Å². The minimum Gasteiger partial charge on any atom is -0.454 e. The zero-order chi connectivity index (χ0) is 18.4. The van der Waals surface area contributed by atoms with E-state index < -0.39 is 0 Å². The Hall–Kier alpha value is -2.88. The molecule has 132 valence electrons. The summed E-state index contributed by atoms with van der Waals surface area (Å²) in [4.78, 5) is 5.98. The fourth-order valence-electron chi connectivity index (χ4n) is 2.59. The molecule has 0 unspecified atom stereocenters. The van der Waals surface area contributed by atoms with Crippen molar-refractivity contribution in [3.05, 3.63) is 59.1 Å². The van der Waals surface area contributed by atoms with Gasteiger partial charge in [-0.15, -0.1) is 11.3 Å². The first-order valence-corrected chi connectivity index (χ1v) is 9.18. The van der Waals surface area contributed by atoms with E-state index >= 15 is 0 Å². The van der Waals surface area contributed by atoms with Gasteiger partial charge in [0, 0.05) is 36.2 Å². The molecule has 0 radical (unpaired) electrons. The first-order valence-electron chi connectivity index (χ1n) is 8.36. The number of thiophene rings is 1. The summed E-state index contributed by atoms with van der Waals surface area (Å²) in [5, 5.41) is 22.2. The molecule has 0 aliphatic rings. The van der Waals surface area contributed by atoms with E-state index in [9.17, 15) is 10.4 Å². The van der Waals surface area contributed by atoms with E-state index in [1.165, 1.54) is 11.3 Å². The number of ether oxygens (including phenoxy) is 1. The Balaban J connectivity index is 2.11. The van der Waals surface area contributed by atoms with Crippen LogP contribution < -0.4 is 10.1 Å². The van der Waals surface area contributed by atoms with E-state index in [1.54, 1.807) is 6.20 Å². The highest BCUT2D eigenvalue weighted by Gasteiger charge is 2.21. The second-order valence-corrected chi connectivity index (χ2v) is 6.62. The zero-order valence-corrected chi connectivity index (χ0v) is 15.2. The van der Waals surface area contributed by atoms with Crippen molar-refractivity contribution in [1.82, 2.24) is 4.98 Å². The fourth-order valence-corrected chi connectivity index (χ4v) is 3.76. The number of rotatable bonds is 7. The van der Waals surface area contributed by atoms with Crippen molar-refractivity contribution in [1.29, 1.82) is 5.26 Å². The first-order chi connectivity index (χ1) is 12.8. The molecule has 2 N–H and O–H groups in total. The smallest absolute Gasteiger partial charge is 0.164 e. The Morgan fingerprint density at radius 1 is 1.27 bits per heavy atom. The van der Waals surface area contributed by atoms with Crippen LogP contribution in [-0.2, 0) is 6.42 Å². The number of nitriles is 1. The van der Waals surface area contributed by atoms with E-state index in [1.807, 2.05) is 49.4 Å². The summed E-state index contributed by atoms with van der Waals surface area (Å²) in [7, 11) is 0. The number of aromatic nitrogens is 1. The average Bonchev–Trinajstić information content (AvgIpc) is 3.00. The minimum absolute atomic E-state index is 0.0155. The Morgan fingerprint density at radius 3 is 2.77 bits per heavy atom. The van der Waals surface area contributed by atoms with Gasteiger partial charge in [0.25, 0.3) is 0 Å².